The van der Waals surface area contributed by atoms with E-state index < -0.39 is 0 Å². The van der Waals surface area contributed by atoms with Crippen molar-refractivity contribution in [3.63, 3.8) is 0 Å². The van der Waals surface area contributed by atoms with E-state index in [1.807, 2.05) is 25.7 Å². The van der Waals surface area contributed by atoms with Crippen molar-refractivity contribution < 1.29 is 9.59 Å². The number of hydrogen-bond donors (Lipinski definition) is 1. The monoisotopic (exact) mass is 281 g/mol. The largest absolute Gasteiger partial charge is 0.325 e. The first-order chi connectivity index (χ1) is 9.34. The molecule has 7 nitrogen and oxygen atoms in total. The van der Waals surface area contributed by atoms with Crippen LogP contribution in [0.4, 0.5) is 9.59 Å². The molecule has 1 N–H and O–H groups in total. The summed E-state index contributed by atoms with van der Waals surface area (Å²) in [5.74, 6) is 0. The van der Waals surface area contributed by atoms with E-state index in [2.05, 4.69) is 17.1 Å². The highest BCUT2D eigenvalue weighted by atomic mass is 16.2. The molecule has 3 rings (SSSR count). The quantitative estimate of drug-likeness (QED) is 0.816. The van der Waals surface area contributed by atoms with Crippen LogP contribution in [0.25, 0.3) is 0 Å². The Balaban J connectivity index is 1.93. The molecular weight excluding hydrogens is 258 g/mol. The molecule has 3 aliphatic rings. The van der Waals surface area contributed by atoms with Gasteiger partial charge in [0, 0.05) is 12.1 Å². The molecule has 4 amide bonds. The van der Waals surface area contributed by atoms with Crippen LogP contribution in [0, 0.1) is 0 Å². The van der Waals surface area contributed by atoms with E-state index in [0.29, 0.717) is 13.3 Å². The molecule has 0 spiro atoms. The van der Waals surface area contributed by atoms with Gasteiger partial charge in [-0.15, -0.1) is 0 Å². The molecule has 0 aromatic rings. The van der Waals surface area contributed by atoms with Crippen LogP contribution in [0.3, 0.4) is 0 Å². The fraction of sp³-hybridized carbons (Fsp3) is 0.846. The fourth-order valence-corrected chi connectivity index (χ4v) is 3.41. The van der Waals surface area contributed by atoms with Gasteiger partial charge < -0.3 is 5.32 Å². The van der Waals surface area contributed by atoms with Crippen LogP contribution in [-0.2, 0) is 0 Å². The lowest BCUT2D eigenvalue weighted by molar-refractivity contribution is -0.0104. The Morgan fingerprint density at radius 2 is 1.85 bits per heavy atom. The molecule has 0 aromatic heterocycles. The Kier molecular flexibility index (Phi) is 2.86. The van der Waals surface area contributed by atoms with E-state index in [4.69, 9.17) is 0 Å². The summed E-state index contributed by atoms with van der Waals surface area (Å²) in [6.07, 6.45) is 0.607. The number of carbonyl (C=O) groups is 2. The molecule has 3 aliphatic heterocycles. The molecule has 20 heavy (non-hydrogen) atoms. The summed E-state index contributed by atoms with van der Waals surface area (Å²) in [7, 11) is 0. The normalized spacial score (nSPS) is 30.1. The van der Waals surface area contributed by atoms with Crippen LogP contribution >= 0.6 is 0 Å². The Bertz CT molecular complexity index is 447. The molecule has 0 radical (unpaired) electrons. The minimum atomic E-state index is -0.308. The molecule has 0 aliphatic carbocycles. The number of nitrogens with zero attached hydrogens (tertiary/aromatic N) is 4. The first-order valence-electron chi connectivity index (χ1n) is 7.24. The zero-order valence-corrected chi connectivity index (χ0v) is 12.6. The number of amides is 4. The van der Waals surface area contributed by atoms with Crippen molar-refractivity contribution in [1.82, 2.24) is 24.9 Å². The predicted molar refractivity (Wildman–Crippen MR) is 73.5 cm³/mol. The van der Waals surface area contributed by atoms with Gasteiger partial charge in [0.25, 0.3) is 0 Å². The summed E-state index contributed by atoms with van der Waals surface area (Å²) in [5, 5.41) is 2.96. The van der Waals surface area contributed by atoms with Crippen LogP contribution in [-0.4, -0.2) is 69.4 Å². The van der Waals surface area contributed by atoms with Crippen molar-refractivity contribution in [2.75, 3.05) is 19.9 Å². The van der Waals surface area contributed by atoms with Gasteiger partial charge >= 0.3 is 12.1 Å². The average Bonchev–Trinajstić information content (AvgIpc) is 2.79. The van der Waals surface area contributed by atoms with Gasteiger partial charge in [-0.25, -0.2) is 9.59 Å². The highest BCUT2D eigenvalue weighted by Gasteiger charge is 2.59. The SMILES string of the molecule is CCCN1CN2C(=O)N[C@@H]3[C@@H]2N(C1)C(=O)N3C(C)(C)C. The maximum atomic E-state index is 12.7. The van der Waals surface area contributed by atoms with E-state index >= 15 is 0 Å². The number of nitrogens with one attached hydrogen (secondary N) is 1. The first kappa shape index (κ1) is 13.5. The molecule has 2 atom stereocenters. The third kappa shape index (κ3) is 1.76. The van der Waals surface area contributed by atoms with Crippen LogP contribution < -0.4 is 5.32 Å². The first-order valence-corrected chi connectivity index (χ1v) is 7.24. The minimum Gasteiger partial charge on any atom is -0.314 e. The van der Waals surface area contributed by atoms with Gasteiger partial charge in [-0.2, -0.15) is 0 Å². The van der Waals surface area contributed by atoms with Gasteiger partial charge in [0.2, 0.25) is 0 Å². The molecule has 3 saturated heterocycles. The smallest absolute Gasteiger partial charge is 0.314 e. The summed E-state index contributed by atoms with van der Waals surface area (Å²) in [6.45, 7) is 10.2. The maximum absolute atomic E-state index is 12.7. The van der Waals surface area contributed by atoms with E-state index in [0.717, 1.165) is 13.0 Å². The summed E-state index contributed by atoms with van der Waals surface area (Å²) in [6, 6.07) is -0.0640. The summed E-state index contributed by atoms with van der Waals surface area (Å²) in [5.41, 5.74) is -0.308. The van der Waals surface area contributed by atoms with Gasteiger partial charge in [-0.1, -0.05) is 6.92 Å². The van der Waals surface area contributed by atoms with Crippen molar-refractivity contribution in [3.05, 3.63) is 0 Å². The molecule has 112 valence electrons. The Morgan fingerprint density at radius 3 is 2.45 bits per heavy atom. The standard InChI is InChI=1S/C13H23N5O2/c1-5-6-15-7-16-10-9(14-11(16)19)18(13(2,3)4)12(20)17(10)8-15/h9-10H,5-8H2,1-4H3,(H,14,19)/t9-,10-/m0/s1. The van der Waals surface area contributed by atoms with E-state index in [9.17, 15) is 9.59 Å². The van der Waals surface area contributed by atoms with Gasteiger partial charge in [0.05, 0.1) is 13.3 Å². The predicted octanol–water partition coefficient (Wildman–Crippen LogP) is 0.841. The highest BCUT2D eigenvalue weighted by Crippen LogP contribution is 2.36. The second kappa shape index (κ2) is 4.25. The average molecular weight is 281 g/mol. The number of urea groups is 2. The molecule has 0 unspecified atom stereocenters. The topological polar surface area (TPSA) is 59.1 Å². The fourth-order valence-electron chi connectivity index (χ4n) is 3.41. The van der Waals surface area contributed by atoms with Crippen LogP contribution in [0.15, 0.2) is 0 Å². The van der Waals surface area contributed by atoms with E-state index in [1.54, 1.807) is 9.80 Å². The second-order valence-corrected chi connectivity index (χ2v) is 6.75. The molecule has 3 heterocycles. The Labute approximate surface area is 119 Å². The summed E-state index contributed by atoms with van der Waals surface area (Å²) < 4.78 is 0. The molecular formula is C13H23N5O2. The van der Waals surface area contributed by atoms with Crippen LogP contribution in [0.5, 0.6) is 0 Å². The Hall–Kier alpha value is -1.50. The van der Waals surface area contributed by atoms with Crippen molar-refractivity contribution >= 4 is 12.1 Å². The number of hydrogen-bond acceptors (Lipinski definition) is 3. The van der Waals surface area contributed by atoms with Crippen molar-refractivity contribution in [2.45, 2.75) is 52.0 Å². The molecule has 0 saturated carbocycles. The summed E-state index contributed by atoms with van der Waals surface area (Å²) in [4.78, 5) is 32.4. The molecule has 0 aromatic carbocycles. The van der Waals surface area contributed by atoms with Crippen molar-refractivity contribution in [2.24, 2.45) is 0 Å². The van der Waals surface area contributed by atoms with Crippen LogP contribution in [0.2, 0.25) is 0 Å². The lowest BCUT2D eigenvalue weighted by atomic mass is 10.1. The zero-order chi connectivity index (χ0) is 14.7. The van der Waals surface area contributed by atoms with E-state index in [-0.39, 0.29) is 29.9 Å². The van der Waals surface area contributed by atoms with Gasteiger partial charge in [0.15, 0.2) is 6.17 Å². The van der Waals surface area contributed by atoms with Gasteiger partial charge in [-0.3, -0.25) is 19.6 Å². The molecule has 7 heteroatoms. The lowest BCUT2D eigenvalue weighted by Gasteiger charge is -2.41. The Morgan fingerprint density at radius 1 is 1.20 bits per heavy atom. The van der Waals surface area contributed by atoms with Gasteiger partial charge in [-0.05, 0) is 27.2 Å². The third-order valence-electron chi connectivity index (χ3n) is 4.15. The molecule has 0 bridgehead atoms. The maximum Gasteiger partial charge on any atom is 0.325 e. The summed E-state index contributed by atoms with van der Waals surface area (Å²) >= 11 is 0. The zero-order valence-electron chi connectivity index (χ0n) is 12.6. The highest BCUT2D eigenvalue weighted by molar-refractivity contribution is 5.85. The lowest BCUT2D eigenvalue weighted by Crippen LogP contribution is -2.60. The molecule has 3 fully saturated rings. The second-order valence-electron chi connectivity index (χ2n) is 6.75. The van der Waals surface area contributed by atoms with Crippen molar-refractivity contribution in [1.29, 1.82) is 0 Å². The van der Waals surface area contributed by atoms with Gasteiger partial charge in [0.1, 0.15) is 6.17 Å². The van der Waals surface area contributed by atoms with E-state index in [1.165, 1.54) is 0 Å². The van der Waals surface area contributed by atoms with Crippen molar-refractivity contribution in [3.8, 4) is 0 Å². The minimum absolute atomic E-state index is 0.0123. The van der Waals surface area contributed by atoms with Crippen LogP contribution in [0.1, 0.15) is 34.1 Å². The number of rotatable bonds is 2. The number of carbonyl (C=O) groups excluding carboxylic acids is 2. The third-order valence-corrected chi connectivity index (χ3v) is 4.15.